The zero-order chi connectivity index (χ0) is 17.1. The van der Waals surface area contributed by atoms with Gasteiger partial charge >= 0.3 is 6.18 Å². The first kappa shape index (κ1) is 15.1. The van der Waals surface area contributed by atoms with Crippen LogP contribution in [0.1, 0.15) is 28.7 Å². The zero-order valence-corrected chi connectivity index (χ0v) is 12.8. The third-order valence-corrected chi connectivity index (χ3v) is 4.97. The summed E-state index contributed by atoms with van der Waals surface area (Å²) in [5.41, 5.74) is 0.844. The van der Waals surface area contributed by atoms with Crippen molar-refractivity contribution in [3.8, 4) is 5.75 Å². The maximum atomic E-state index is 12.9. The number of alkyl halides is 3. The maximum Gasteiger partial charge on any atom is 0.416 e. The van der Waals surface area contributed by atoms with E-state index in [1.54, 1.807) is 6.07 Å². The van der Waals surface area contributed by atoms with E-state index in [4.69, 9.17) is 4.74 Å². The Balaban J connectivity index is 1.95. The maximum absolute atomic E-state index is 12.9. The van der Waals surface area contributed by atoms with Crippen LogP contribution >= 0.6 is 0 Å². The van der Waals surface area contributed by atoms with Gasteiger partial charge in [0, 0.05) is 11.3 Å². The highest BCUT2D eigenvalue weighted by Gasteiger charge is 2.53. The van der Waals surface area contributed by atoms with Crippen LogP contribution in [0.25, 0.3) is 0 Å². The van der Waals surface area contributed by atoms with Crippen LogP contribution in [0.3, 0.4) is 0 Å². The van der Waals surface area contributed by atoms with Gasteiger partial charge in [-0.25, -0.2) is 0 Å². The van der Waals surface area contributed by atoms with Gasteiger partial charge in [-0.15, -0.1) is 0 Å². The van der Waals surface area contributed by atoms with Crippen LogP contribution in [0.5, 0.6) is 5.75 Å². The minimum atomic E-state index is -4.44. The molecule has 2 aromatic rings. The Kier molecular flexibility index (Phi) is 2.98. The standard InChI is InChI=1S/C18H14F3NO2/c1-24-14-4-2-3-10-7-8-17(15(10)14)12-6-5-11(18(19,20)21)9-13(12)22-16(17)23/h2-6,9H,7-8H2,1H3,(H,22,23)/t17-/m1/s1. The van der Waals surface area contributed by atoms with E-state index in [-0.39, 0.29) is 11.6 Å². The van der Waals surface area contributed by atoms with Crippen LogP contribution in [0.4, 0.5) is 18.9 Å². The van der Waals surface area contributed by atoms with Crippen molar-refractivity contribution in [2.75, 3.05) is 12.4 Å². The van der Waals surface area contributed by atoms with Gasteiger partial charge in [-0.3, -0.25) is 4.79 Å². The third-order valence-electron chi connectivity index (χ3n) is 4.97. The number of nitrogens with one attached hydrogen (secondary N) is 1. The van der Waals surface area contributed by atoms with Gasteiger partial charge in [-0.05, 0) is 42.2 Å². The molecule has 6 heteroatoms. The zero-order valence-electron chi connectivity index (χ0n) is 12.8. The molecule has 3 nitrogen and oxygen atoms in total. The van der Waals surface area contributed by atoms with Crippen molar-refractivity contribution in [1.29, 1.82) is 0 Å². The number of benzene rings is 2. The molecule has 124 valence electrons. The van der Waals surface area contributed by atoms with Crippen molar-refractivity contribution in [2.24, 2.45) is 0 Å². The van der Waals surface area contributed by atoms with Crippen LogP contribution in [-0.2, 0) is 22.8 Å². The van der Waals surface area contributed by atoms with E-state index in [0.717, 1.165) is 23.3 Å². The minimum absolute atomic E-state index is 0.230. The molecule has 0 saturated heterocycles. The molecule has 0 fully saturated rings. The lowest BCUT2D eigenvalue weighted by molar-refractivity contribution is -0.137. The van der Waals surface area contributed by atoms with Crippen LogP contribution in [0.2, 0.25) is 0 Å². The normalized spacial score (nSPS) is 21.6. The lowest BCUT2D eigenvalue weighted by Crippen LogP contribution is -2.33. The number of hydrogen-bond donors (Lipinski definition) is 1. The number of aryl methyl sites for hydroxylation is 1. The number of carbonyl (C=O) groups excluding carboxylic acids is 1. The summed E-state index contributed by atoms with van der Waals surface area (Å²) < 4.78 is 44.3. The van der Waals surface area contributed by atoms with Gasteiger partial charge in [0.25, 0.3) is 0 Å². The molecule has 1 aliphatic heterocycles. The Hall–Kier alpha value is -2.50. The quantitative estimate of drug-likeness (QED) is 0.860. The Bertz CT molecular complexity index is 860. The van der Waals surface area contributed by atoms with Gasteiger partial charge in [0.05, 0.1) is 12.7 Å². The molecule has 1 N–H and O–H groups in total. The molecule has 0 aromatic heterocycles. The molecule has 0 saturated carbocycles. The van der Waals surface area contributed by atoms with Gasteiger partial charge in [0.15, 0.2) is 0 Å². The van der Waals surface area contributed by atoms with E-state index in [1.165, 1.54) is 13.2 Å². The second kappa shape index (κ2) is 4.75. The molecule has 24 heavy (non-hydrogen) atoms. The van der Waals surface area contributed by atoms with E-state index in [0.29, 0.717) is 24.2 Å². The number of amides is 1. The van der Waals surface area contributed by atoms with Crippen LogP contribution in [0, 0.1) is 0 Å². The predicted molar refractivity (Wildman–Crippen MR) is 82.2 cm³/mol. The molecular weight excluding hydrogens is 319 g/mol. The monoisotopic (exact) mass is 333 g/mol. The first-order chi connectivity index (χ1) is 11.4. The van der Waals surface area contributed by atoms with Gasteiger partial charge in [-0.1, -0.05) is 18.2 Å². The SMILES string of the molecule is COc1cccc2c1[C@]1(CC2)C(=O)Nc2cc(C(F)(F)F)ccc21. The van der Waals surface area contributed by atoms with E-state index in [1.807, 2.05) is 12.1 Å². The topological polar surface area (TPSA) is 38.3 Å². The largest absolute Gasteiger partial charge is 0.496 e. The van der Waals surface area contributed by atoms with Crippen molar-refractivity contribution in [2.45, 2.75) is 24.4 Å². The molecule has 0 radical (unpaired) electrons. The summed E-state index contributed by atoms with van der Waals surface area (Å²) in [5, 5.41) is 2.64. The summed E-state index contributed by atoms with van der Waals surface area (Å²) >= 11 is 0. The van der Waals surface area contributed by atoms with Crippen molar-refractivity contribution in [1.82, 2.24) is 0 Å². The van der Waals surface area contributed by atoms with E-state index >= 15 is 0 Å². The molecule has 2 aromatic carbocycles. The number of hydrogen-bond acceptors (Lipinski definition) is 2. The van der Waals surface area contributed by atoms with Gasteiger partial charge < -0.3 is 10.1 Å². The Labute approximate surface area is 136 Å². The first-order valence-electron chi connectivity index (χ1n) is 7.57. The van der Waals surface area contributed by atoms with Gasteiger partial charge in [0.1, 0.15) is 11.2 Å². The summed E-state index contributed by atoms with van der Waals surface area (Å²) in [7, 11) is 1.53. The highest BCUT2D eigenvalue weighted by Crippen LogP contribution is 2.54. The number of anilines is 1. The molecule has 1 spiro atoms. The average Bonchev–Trinajstić information content (AvgIpc) is 3.07. The van der Waals surface area contributed by atoms with Crippen LogP contribution < -0.4 is 10.1 Å². The molecule has 2 aliphatic rings. The van der Waals surface area contributed by atoms with E-state index < -0.39 is 17.2 Å². The summed E-state index contributed by atoms with van der Waals surface area (Å²) in [5.74, 6) is 0.299. The molecule has 0 bridgehead atoms. The number of fused-ring (bicyclic) bond motifs is 4. The molecule has 1 atom stereocenters. The second-order valence-electron chi connectivity index (χ2n) is 6.11. The average molecular weight is 333 g/mol. The van der Waals surface area contributed by atoms with Crippen molar-refractivity contribution in [3.63, 3.8) is 0 Å². The number of methoxy groups -OCH3 is 1. The van der Waals surface area contributed by atoms with Crippen molar-refractivity contribution in [3.05, 3.63) is 58.7 Å². The summed E-state index contributed by atoms with van der Waals surface area (Å²) in [6, 6.07) is 9.03. The number of carbonyl (C=O) groups is 1. The van der Waals surface area contributed by atoms with Gasteiger partial charge in [0.2, 0.25) is 5.91 Å². The second-order valence-corrected chi connectivity index (χ2v) is 6.11. The lowest BCUT2D eigenvalue weighted by atomic mass is 9.76. The number of ether oxygens (including phenoxy) is 1. The lowest BCUT2D eigenvalue weighted by Gasteiger charge is -2.25. The smallest absolute Gasteiger partial charge is 0.416 e. The molecule has 0 unspecified atom stereocenters. The molecule has 1 aliphatic carbocycles. The highest BCUT2D eigenvalue weighted by molar-refractivity contribution is 6.10. The minimum Gasteiger partial charge on any atom is -0.496 e. The molecule has 4 rings (SSSR count). The summed E-state index contributed by atoms with van der Waals surface area (Å²) in [4.78, 5) is 12.8. The van der Waals surface area contributed by atoms with E-state index in [2.05, 4.69) is 5.32 Å². The third kappa shape index (κ3) is 1.82. The Morgan fingerprint density at radius 1 is 1.21 bits per heavy atom. The predicted octanol–water partition coefficient (Wildman–Crippen LogP) is 3.90. The molecular formula is C18H14F3NO2. The highest BCUT2D eigenvalue weighted by atomic mass is 19.4. The molecule has 1 heterocycles. The first-order valence-corrected chi connectivity index (χ1v) is 7.57. The Morgan fingerprint density at radius 3 is 2.71 bits per heavy atom. The van der Waals surface area contributed by atoms with Crippen molar-refractivity contribution >= 4 is 11.6 Å². The van der Waals surface area contributed by atoms with Crippen LogP contribution in [0.15, 0.2) is 36.4 Å². The van der Waals surface area contributed by atoms with Gasteiger partial charge in [-0.2, -0.15) is 13.2 Å². The fourth-order valence-corrected chi connectivity index (χ4v) is 3.93. The van der Waals surface area contributed by atoms with Crippen LogP contribution in [-0.4, -0.2) is 13.0 Å². The fraction of sp³-hybridized carbons (Fsp3) is 0.278. The van der Waals surface area contributed by atoms with E-state index in [9.17, 15) is 18.0 Å². The fourth-order valence-electron chi connectivity index (χ4n) is 3.93. The number of rotatable bonds is 1. The summed E-state index contributed by atoms with van der Waals surface area (Å²) in [6.45, 7) is 0. The number of halogens is 3. The summed E-state index contributed by atoms with van der Waals surface area (Å²) in [6.07, 6.45) is -3.24. The molecule has 1 amide bonds. The van der Waals surface area contributed by atoms with Crippen molar-refractivity contribution < 1.29 is 22.7 Å². The Morgan fingerprint density at radius 2 is 2.00 bits per heavy atom.